The average molecular weight is 481 g/mol. The zero-order chi connectivity index (χ0) is 21.1. The van der Waals surface area contributed by atoms with Crippen molar-refractivity contribution in [2.45, 2.75) is 39.0 Å². The van der Waals surface area contributed by atoms with E-state index in [-0.39, 0.29) is 15.0 Å². The molecule has 1 nitrogen and oxygen atoms in total. The summed E-state index contributed by atoms with van der Waals surface area (Å²) in [7, 11) is -2.73. The molecule has 3 heteroatoms. The molecular weight excluding hydrogens is 450 g/mol. The fraction of sp³-hybridized carbons (Fsp3) is 0.259. The van der Waals surface area contributed by atoms with Crippen molar-refractivity contribution < 1.29 is 4.57 Å². The Morgan fingerprint density at radius 3 is 1.83 bits per heavy atom. The fourth-order valence-electron chi connectivity index (χ4n) is 3.50. The van der Waals surface area contributed by atoms with Gasteiger partial charge in [-0.05, 0) is 0 Å². The first-order valence-electron chi connectivity index (χ1n) is 10.8. The summed E-state index contributed by atoms with van der Waals surface area (Å²) in [5.41, 5.74) is 0. The van der Waals surface area contributed by atoms with Crippen LogP contribution in [0.4, 0.5) is 0 Å². The molecule has 0 unspecified atom stereocenters. The molecule has 3 rings (SSSR count). The van der Waals surface area contributed by atoms with Crippen LogP contribution in [0.1, 0.15) is 39.0 Å². The topological polar surface area (TPSA) is 17.1 Å². The van der Waals surface area contributed by atoms with Crippen LogP contribution >= 0.6 is 7.14 Å². The Kier molecular flexibility index (Phi) is 9.22. The molecule has 0 spiro atoms. The molecule has 30 heavy (non-hydrogen) atoms. The second kappa shape index (κ2) is 12.1. The van der Waals surface area contributed by atoms with E-state index in [0.29, 0.717) is 6.16 Å². The number of allylic oxidation sites excluding steroid dienone is 2. The first-order chi connectivity index (χ1) is 14.7. The molecule has 3 aromatic carbocycles. The number of benzene rings is 3. The van der Waals surface area contributed by atoms with Gasteiger partial charge in [-0.2, -0.15) is 0 Å². The van der Waals surface area contributed by atoms with Crippen molar-refractivity contribution in [2.75, 3.05) is 6.16 Å². The molecule has 0 heterocycles. The van der Waals surface area contributed by atoms with E-state index < -0.39 is 7.14 Å². The van der Waals surface area contributed by atoms with Crippen LogP contribution in [0.2, 0.25) is 0 Å². The van der Waals surface area contributed by atoms with Gasteiger partial charge in [0.25, 0.3) is 0 Å². The Hall–Kier alpha value is -1.85. The average Bonchev–Trinajstić information content (AvgIpc) is 2.80. The number of rotatable bonds is 11. The van der Waals surface area contributed by atoms with Crippen LogP contribution in [0, 0.1) is 0 Å². The van der Waals surface area contributed by atoms with Gasteiger partial charge in [-0.3, -0.25) is 0 Å². The van der Waals surface area contributed by atoms with Gasteiger partial charge in [0.05, 0.1) is 0 Å². The SMILES string of the molecule is CCCCCC/C=C(/CP(=O)(c1ccccc1)c1ccccc1)[Se]c1ccccc1. The van der Waals surface area contributed by atoms with Crippen LogP contribution in [0.25, 0.3) is 0 Å². The number of hydrogen-bond acceptors (Lipinski definition) is 1. The minimum atomic E-state index is -2.73. The summed E-state index contributed by atoms with van der Waals surface area (Å²) in [6.07, 6.45) is 9.12. The second-order valence-corrected chi connectivity index (χ2v) is 12.8. The van der Waals surface area contributed by atoms with Gasteiger partial charge >= 0.3 is 188 Å². The van der Waals surface area contributed by atoms with Gasteiger partial charge in [-0.25, -0.2) is 0 Å². The molecule has 0 amide bonds. The van der Waals surface area contributed by atoms with Crippen LogP contribution < -0.4 is 15.1 Å². The molecule has 0 radical (unpaired) electrons. The molecule has 0 aliphatic rings. The van der Waals surface area contributed by atoms with E-state index in [1.807, 2.05) is 60.7 Å². The van der Waals surface area contributed by atoms with Gasteiger partial charge in [0.2, 0.25) is 0 Å². The Morgan fingerprint density at radius 2 is 1.30 bits per heavy atom. The Balaban J connectivity index is 1.91. The van der Waals surface area contributed by atoms with E-state index in [0.717, 1.165) is 17.0 Å². The molecule has 0 aliphatic heterocycles. The molecule has 0 aliphatic carbocycles. The maximum atomic E-state index is 14.5. The molecule has 0 atom stereocenters. The van der Waals surface area contributed by atoms with Gasteiger partial charge in [0.15, 0.2) is 0 Å². The van der Waals surface area contributed by atoms with Crippen molar-refractivity contribution in [1.82, 2.24) is 0 Å². The third kappa shape index (κ3) is 6.58. The van der Waals surface area contributed by atoms with E-state index in [2.05, 4.69) is 43.3 Å². The van der Waals surface area contributed by atoms with E-state index in [4.69, 9.17) is 0 Å². The van der Waals surface area contributed by atoms with Crippen LogP contribution in [-0.2, 0) is 4.57 Å². The third-order valence-corrected chi connectivity index (χ3v) is 10.9. The van der Waals surface area contributed by atoms with E-state index in [9.17, 15) is 4.57 Å². The zero-order valence-electron chi connectivity index (χ0n) is 17.7. The molecule has 0 saturated carbocycles. The summed E-state index contributed by atoms with van der Waals surface area (Å²) in [4.78, 5) is 0. The van der Waals surface area contributed by atoms with Gasteiger partial charge in [-0.1, -0.05) is 0 Å². The molecular formula is C27H31OPSe. The van der Waals surface area contributed by atoms with Crippen molar-refractivity contribution >= 4 is 37.2 Å². The van der Waals surface area contributed by atoms with Gasteiger partial charge < -0.3 is 0 Å². The summed E-state index contributed by atoms with van der Waals surface area (Å²) in [5, 5.41) is 1.91. The first-order valence-corrected chi connectivity index (χ1v) is 14.4. The second-order valence-electron chi connectivity index (χ2n) is 7.50. The predicted octanol–water partition coefficient (Wildman–Crippen LogP) is 5.88. The summed E-state index contributed by atoms with van der Waals surface area (Å²) in [6.45, 7) is 2.25. The van der Waals surface area contributed by atoms with Crippen molar-refractivity contribution in [3.8, 4) is 0 Å². The van der Waals surface area contributed by atoms with Crippen molar-refractivity contribution in [2.24, 2.45) is 0 Å². The summed E-state index contributed by atoms with van der Waals surface area (Å²) in [6, 6.07) is 30.8. The summed E-state index contributed by atoms with van der Waals surface area (Å²) < 4.78 is 17.2. The number of unbranched alkanes of at least 4 members (excludes halogenated alkanes) is 4. The summed E-state index contributed by atoms with van der Waals surface area (Å²) in [5.74, 6) is 0. The first kappa shape index (κ1) is 22.8. The standard InChI is InChI=1S/C27H31OPSe/c1-2-3-4-5-13-22-27(30-26-20-14-8-15-21-26)23-29(28,24-16-9-6-10-17-24)25-18-11-7-12-19-25/h6-12,14-22H,2-5,13,23H2,1H3/b27-22-. The molecule has 0 aromatic heterocycles. The number of hydrogen-bond donors (Lipinski definition) is 0. The Labute approximate surface area is 188 Å². The van der Waals surface area contributed by atoms with Crippen molar-refractivity contribution in [1.29, 1.82) is 0 Å². The van der Waals surface area contributed by atoms with E-state index in [1.165, 1.54) is 34.6 Å². The van der Waals surface area contributed by atoms with Gasteiger partial charge in [-0.15, -0.1) is 0 Å². The van der Waals surface area contributed by atoms with Crippen LogP contribution in [0.3, 0.4) is 0 Å². The molecule has 3 aromatic rings. The molecule has 0 bridgehead atoms. The molecule has 0 N–H and O–H groups in total. The molecule has 0 fully saturated rings. The normalized spacial score (nSPS) is 12.1. The maximum absolute atomic E-state index is 14.5. The minimum absolute atomic E-state index is 0.186. The Morgan fingerprint density at radius 1 is 0.767 bits per heavy atom. The third-order valence-electron chi connectivity index (χ3n) is 5.15. The fourth-order valence-corrected chi connectivity index (χ4v) is 9.33. The van der Waals surface area contributed by atoms with Crippen molar-refractivity contribution in [3.05, 3.63) is 102 Å². The monoisotopic (exact) mass is 482 g/mol. The molecule has 156 valence electrons. The van der Waals surface area contributed by atoms with Gasteiger partial charge in [0, 0.05) is 0 Å². The van der Waals surface area contributed by atoms with E-state index >= 15 is 0 Å². The van der Waals surface area contributed by atoms with Crippen LogP contribution in [0.5, 0.6) is 0 Å². The quantitative estimate of drug-likeness (QED) is 0.190. The zero-order valence-corrected chi connectivity index (χ0v) is 20.4. The van der Waals surface area contributed by atoms with E-state index in [1.54, 1.807) is 0 Å². The molecule has 0 saturated heterocycles. The van der Waals surface area contributed by atoms with Crippen molar-refractivity contribution in [3.63, 3.8) is 0 Å². The van der Waals surface area contributed by atoms with Crippen LogP contribution in [0.15, 0.2) is 102 Å². The predicted molar refractivity (Wildman–Crippen MR) is 133 cm³/mol. The van der Waals surface area contributed by atoms with Gasteiger partial charge in [0.1, 0.15) is 0 Å². The Bertz CT molecular complexity index is 908. The van der Waals surface area contributed by atoms with Crippen LogP contribution in [-0.4, -0.2) is 21.1 Å². The summed E-state index contributed by atoms with van der Waals surface area (Å²) >= 11 is 0.186.